The summed E-state index contributed by atoms with van der Waals surface area (Å²) in [7, 11) is -3.80. The summed E-state index contributed by atoms with van der Waals surface area (Å²) in [6.45, 7) is 1.17. The Bertz CT molecular complexity index is 607. The number of primary amides is 1. The molecule has 1 aromatic rings. The lowest BCUT2D eigenvalue weighted by molar-refractivity contribution is -0.122. The molecule has 112 valence electrons. The highest BCUT2D eigenvalue weighted by atomic mass is 32.2. The third kappa shape index (κ3) is 4.56. The molecular weight excluding hydrogens is 308 g/mol. The summed E-state index contributed by atoms with van der Waals surface area (Å²) in [6, 6.07) is 1.11. The van der Waals surface area contributed by atoms with Crippen molar-refractivity contribution in [3.8, 4) is 0 Å². The summed E-state index contributed by atoms with van der Waals surface area (Å²) >= 11 is 0.886. The molecule has 0 aromatic carbocycles. The Morgan fingerprint density at radius 3 is 2.65 bits per heavy atom. The maximum atomic E-state index is 11.9. The number of carboxylic acid groups (broad SMARTS) is 1. The Kier molecular flexibility index (Phi) is 5.62. The number of aromatic carboxylic acids is 1. The van der Waals surface area contributed by atoms with E-state index in [2.05, 4.69) is 4.72 Å². The summed E-state index contributed by atoms with van der Waals surface area (Å²) in [4.78, 5) is 21.4. The Labute approximate surface area is 119 Å². The fourth-order valence-corrected chi connectivity index (χ4v) is 3.78. The number of rotatable bonds is 8. The van der Waals surface area contributed by atoms with Crippen LogP contribution >= 0.6 is 11.3 Å². The van der Waals surface area contributed by atoms with Gasteiger partial charge in [0.1, 0.15) is 11.5 Å². The van der Waals surface area contributed by atoms with Crippen molar-refractivity contribution in [3.05, 3.63) is 15.8 Å². The molecule has 0 spiro atoms. The molecule has 0 aliphatic rings. The van der Waals surface area contributed by atoms with Crippen molar-refractivity contribution in [2.75, 3.05) is 19.8 Å². The maximum Gasteiger partial charge on any atom is 0.345 e. The van der Waals surface area contributed by atoms with Crippen LogP contribution in [0.2, 0.25) is 0 Å². The second kappa shape index (κ2) is 6.79. The smallest absolute Gasteiger partial charge is 0.345 e. The van der Waals surface area contributed by atoms with Gasteiger partial charge in [-0.2, -0.15) is 0 Å². The lowest BCUT2D eigenvalue weighted by Crippen LogP contribution is -2.29. The van der Waals surface area contributed by atoms with Gasteiger partial charge in [-0.1, -0.05) is 0 Å². The number of amides is 1. The molecule has 4 N–H and O–H groups in total. The van der Waals surface area contributed by atoms with E-state index in [0.29, 0.717) is 4.88 Å². The summed E-state index contributed by atoms with van der Waals surface area (Å²) in [5.74, 6) is -1.82. The molecule has 0 unspecified atom stereocenters. The van der Waals surface area contributed by atoms with Gasteiger partial charge >= 0.3 is 5.97 Å². The van der Waals surface area contributed by atoms with E-state index in [9.17, 15) is 18.0 Å². The largest absolute Gasteiger partial charge is 0.477 e. The van der Waals surface area contributed by atoms with Crippen molar-refractivity contribution < 1.29 is 27.9 Å². The van der Waals surface area contributed by atoms with Crippen LogP contribution in [-0.4, -0.2) is 45.2 Å². The Morgan fingerprint density at radius 2 is 2.15 bits per heavy atom. The van der Waals surface area contributed by atoms with Crippen LogP contribution in [0.15, 0.2) is 11.0 Å². The normalized spacial score (nSPS) is 11.4. The first-order valence-electron chi connectivity index (χ1n) is 5.43. The molecule has 0 fully saturated rings. The third-order valence-electron chi connectivity index (χ3n) is 2.16. The van der Waals surface area contributed by atoms with Crippen LogP contribution in [0.1, 0.15) is 14.5 Å². The standard InChI is InChI=1S/C10H14N2O6S2/c1-6-8(4-7(19-6)10(14)15)20(16,17)12-2-3-18-5-9(11)13/h4,12H,2-3,5H2,1H3,(H2,11,13)(H,14,15). The predicted molar refractivity (Wildman–Crippen MR) is 71.2 cm³/mol. The predicted octanol–water partition coefficient (Wildman–Crippen LogP) is -0.465. The molecule has 1 rings (SSSR count). The van der Waals surface area contributed by atoms with Gasteiger partial charge in [-0.05, 0) is 13.0 Å². The van der Waals surface area contributed by atoms with Crippen LogP contribution < -0.4 is 10.5 Å². The number of ether oxygens (including phenoxy) is 1. The van der Waals surface area contributed by atoms with Gasteiger partial charge in [0.2, 0.25) is 15.9 Å². The zero-order valence-electron chi connectivity index (χ0n) is 10.6. The van der Waals surface area contributed by atoms with Crippen molar-refractivity contribution >= 4 is 33.2 Å². The minimum atomic E-state index is -3.80. The van der Waals surface area contributed by atoms with Crippen molar-refractivity contribution in [2.24, 2.45) is 5.73 Å². The molecule has 1 amide bonds. The van der Waals surface area contributed by atoms with Crippen molar-refractivity contribution in [1.82, 2.24) is 4.72 Å². The first kappa shape index (κ1) is 16.6. The van der Waals surface area contributed by atoms with E-state index in [1.54, 1.807) is 0 Å². The molecule has 8 nitrogen and oxygen atoms in total. The monoisotopic (exact) mass is 322 g/mol. The number of hydrogen-bond acceptors (Lipinski definition) is 6. The van der Waals surface area contributed by atoms with Gasteiger partial charge < -0.3 is 15.6 Å². The average molecular weight is 322 g/mol. The van der Waals surface area contributed by atoms with E-state index < -0.39 is 21.9 Å². The SMILES string of the molecule is Cc1sc(C(=O)O)cc1S(=O)(=O)NCCOCC(N)=O. The molecular formula is C10H14N2O6S2. The first-order chi connectivity index (χ1) is 9.24. The molecule has 0 radical (unpaired) electrons. The number of hydrogen-bond donors (Lipinski definition) is 3. The second-order valence-electron chi connectivity index (χ2n) is 3.75. The highest BCUT2D eigenvalue weighted by molar-refractivity contribution is 7.89. The van der Waals surface area contributed by atoms with E-state index in [1.807, 2.05) is 0 Å². The number of carboxylic acids is 1. The zero-order valence-corrected chi connectivity index (χ0v) is 12.2. The number of thiophene rings is 1. The molecule has 0 atom stereocenters. The molecule has 20 heavy (non-hydrogen) atoms. The van der Waals surface area contributed by atoms with Crippen LogP contribution in [-0.2, 0) is 19.6 Å². The summed E-state index contributed by atoms with van der Waals surface area (Å²) < 4.78 is 30.9. The Hall–Kier alpha value is -1.49. The van der Waals surface area contributed by atoms with E-state index in [0.717, 1.165) is 17.4 Å². The van der Waals surface area contributed by atoms with Crippen molar-refractivity contribution in [1.29, 1.82) is 0 Å². The van der Waals surface area contributed by atoms with Gasteiger partial charge in [0, 0.05) is 11.4 Å². The van der Waals surface area contributed by atoms with Crippen LogP contribution in [0.5, 0.6) is 0 Å². The van der Waals surface area contributed by atoms with Gasteiger partial charge in [-0.15, -0.1) is 11.3 Å². The van der Waals surface area contributed by atoms with Crippen molar-refractivity contribution in [2.45, 2.75) is 11.8 Å². The maximum absolute atomic E-state index is 11.9. The molecule has 0 aliphatic carbocycles. The van der Waals surface area contributed by atoms with Gasteiger partial charge in [-0.25, -0.2) is 17.9 Å². The quantitative estimate of drug-likeness (QED) is 0.554. The number of sulfonamides is 1. The van der Waals surface area contributed by atoms with Crippen LogP contribution in [0.3, 0.4) is 0 Å². The average Bonchev–Trinajstić information content (AvgIpc) is 2.71. The van der Waals surface area contributed by atoms with Crippen LogP contribution in [0, 0.1) is 6.92 Å². The molecule has 0 saturated carbocycles. The van der Waals surface area contributed by atoms with Gasteiger partial charge in [-0.3, -0.25) is 4.79 Å². The topological polar surface area (TPSA) is 136 Å². The van der Waals surface area contributed by atoms with Crippen LogP contribution in [0.4, 0.5) is 0 Å². The fraction of sp³-hybridized carbons (Fsp3) is 0.400. The number of aryl methyl sites for hydroxylation is 1. The Morgan fingerprint density at radius 1 is 1.50 bits per heavy atom. The van der Waals surface area contributed by atoms with Gasteiger partial charge in [0.05, 0.1) is 11.5 Å². The highest BCUT2D eigenvalue weighted by Gasteiger charge is 2.21. The fourth-order valence-electron chi connectivity index (χ4n) is 1.34. The number of nitrogens with two attached hydrogens (primary N) is 1. The first-order valence-corrected chi connectivity index (χ1v) is 7.73. The molecule has 0 bridgehead atoms. The van der Waals surface area contributed by atoms with E-state index in [1.165, 1.54) is 6.92 Å². The molecule has 10 heteroatoms. The number of nitrogens with one attached hydrogen (secondary N) is 1. The third-order valence-corrected chi connectivity index (χ3v) is 4.91. The molecule has 1 heterocycles. The molecule has 1 aromatic heterocycles. The molecule has 0 saturated heterocycles. The van der Waals surface area contributed by atoms with E-state index in [-0.39, 0.29) is 29.5 Å². The Balaban J connectivity index is 2.65. The number of carbonyl (C=O) groups is 2. The number of carbonyl (C=O) groups excluding carboxylic acids is 1. The van der Waals surface area contributed by atoms with E-state index in [4.69, 9.17) is 15.6 Å². The summed E-state index contributed by atoms with van der Waals surface area (Å²) in [5.41, 5.74) is 4.85. The van der Waals surface area contributed by atoms with Gasteiger partial charge in [0.25, 0.3) is 0 Å². The second-order valence-corrected chi connectivity index (χ2v) is 6.74. The van der Waals surface area contributed by atoms with Crippen LogP contribution in [0.25, 0.3) is 0 Å². The minimum Gasteiger partial charge on any atom is -0.477 e. The minimum absolute atomic E-state index is 0.0167. The highest BCUT2D eigenvalue weighted by Crippen LogP contribution is 2.25. The van der Waals surface area contributed by atoms with Gasteiger partial charge in [0.15, 0.2) is 0 Å². The summed E-state index contributed by atoms with van der Waals surface area (Å²) in [6.07, 6.45) is 0. The summed E-state index contributed by atoms with van der Waals surface area (Å²) in [5, 5.41) is 8.82. The lowest BCUT2D eigenvalue weighted by Gasteiger charge is -2.06. The zero-order chi connectivity index (χ0) is 15.3. The van der Waals surface area contributed by atoms with E-state index >= 15 is 0 Å². The molecule has 0 aliphatic heterocycles. The van der Waals surface area contributed by atoms with Crippen molar-refractivity contribution in [3.63, 3.8) is 0 Å². The lowest BCUT2D eigenvalue weighted by atomic mass is 10.4.